The van der Waals surface area contributed by atoms with Crippen LogP contribution in [-0.4, -0.2) is 49.4 Å². The molecule has 1 fully saturated rings. The lowest BCUT2D eigenvalue weighted by atomic mass is 9.68. The highest BCUT2D eigenvalue weighted by molar-refractivity contribution is 5.76. The average Bonchev–Trinajstić information content (AvgIpc) is 3.69. The van der Waals surface area contributed by atoms with Gasteiger partial charge in [-0.1, -0.05) is 11.2 Å². The molecule has 3 aromatic heterocycles. The summed E-state index contributed by atoms with van der Waals surface area (Å²) in [7, 11) is 2.18. The lowest BCUT2D eigenvalue weighted by Gasteiger charge is -2.33. The van der Waals surface area contributed by atoms with Gasteiger partial charge in [0.05, 0.1) is 28.6 Å². The van der Waals surface area contributed by atoms with Gasteiger partial charge in [0.1, 0.15) is 6.07 Å². The second kappa shape index (κ2) is 8.12. The zero-order chi connectivity index (χ0) is 25.3. The Balaban J connectivity index is 1.33. The zero-order valence-electron chi connectivity index (χ0n) is 21.2. The van der Waals surface area contributed by atoms with Gasteiger partial charge >= 0.3 is 0 Å². The van der Waals surface area contributed by atoms with Gasteiger partial charge in [-0.25, -0.2) is 14.6 Å². The van der Waals surface area contributed by atoms with Crippen molar-refractivity contribution in [3.05, 3.63) is 52.5 Å². The molecule has 7 rings (SSSR count). The Bertz CT molecular complexity index is 1580. The highest BCUT2D eigenvalue weighted by Gasteiger charge is 2.49. The second-order valence-electron chi connectivity index (χ2n) is 10.9. The molecule has 3 aliphatic rings. The van der Waals surface area contributed by atoms with Crippen molar-refractivity contribution < 1.29 is 4.52 Å². The Morgan fingerprint density at radius 2 is 2.11 bits per heavy atom. The number of likely N-dealkylation sites (N-methyl/N-ethyl adjacent to an activating group) is 1. The van der Waals surface area contributed by atoms with Gasteiger partial charge in [0.15, 0.2) is 22.9 Å². The third kappa shape index (κ3) is 3.12. The number of likely N-dealkylation sites (tertiary alicyclic amines) is 1. The summed E-state index contributed by atoms with van der Waals surface area (Å²) in [4.78, 5) is 12.1. The van der Waals surface area contributed by atoms with Crippen molar-refractivity contribution in [1.82, 2.24) is 29.8 Å². The smallest absolute Gasteiger partial charge is 0.184 e. The third-order valence-electron chi connectivity index (χ3n) is 9.05. The van der Waals surface area contributed by atoms with Gasteiger partial charge in [0.25, 0.3) is 0 Å². The maximum Gasteiger partial charge on any atom is 0.184 e. The summed E-state index contributed by atoms with van der Waals surface area (Å²) in [6.45, 7) is 3.34. The van der Waals surface area contributed by atoms with Gasteiger partial charge in [-0.3, -0.25) is 0 Å². The summed E-state index contributed by atoms with van der Waals surface area (Å²) in [6, 6.07) is 6.92. The van der Waals surface area contributed by atoms with Crippen molar-refractivity contribution in [1.29, 1.82) is 5.26 Å². The number of nitriles is 1. The van der Waals surface area contributed by atoms with Crippen LogP contribution in [0.15, 0.2) is 29.0 Å². The number of fused-ring (bicyclic) bond motifs is 5. The molecule has 0 radical (unpaired) electrons. The van der Waals surface area contributed by atoms with E-state index in [1.165, 1.54) is 12.0 Å². The third-order valence-corrected chi connectivity index (χ3v) is 9.05. The number of nitrogens with zero attached hydrogens (tertiary/aromatic N) is 7. The molecule has 1 aromatic carbocycles. The summed E-state index contributed by atoms with van der Waals surface area (Å²) < 4.78 is 8.17. The first-order valence-electron chi connectivity index (χ1n) is 13.2. The molecule has 3 atom stereocenters. The number of anilines is 1. The van der Waals surface area contributed by atoms with Gasteiger partial charge in [0, 0.05) is 23.5 Å². The molecule has 2 aliphatic carbocycles. The Morgan fingerprint density at radius 3 is 2.92 bits per heavy atom. The van der Waals surface area contributed by atoms with E-state index in [9.17, 15) is 5.26 Å². The molecule has 2 N–H and O–H groups in total. The monoisotopic (exact) mass is 494 g/mol. The molecular formula is C28H30N8O. The summed E-state index contributed by atoms with van der Waals surface area (Å²) in [5.74, 6) is 1.42. The maximum absolute atomic E-state index is 9.97. The van der Waals surface area contributed by atoms with Crippen LogP contribution in [0.4, 0.5) is 5.69 Å². The Morgan fingerprint density at radius 1 is 1.22 bits per heavy atom. The van der Waals surface area contributed by atoms with Crippen LogP contribution in [0.25, 0.3) is 22.6 Å². The van der Waals surface area contributed by atoms with Crippen molar-refractivity contribution in [2.45, 2.75) is 69.4 Å². The lowest BCUT2D eigenvalue weighted by molar-refractivity contribution is 0.232. The standard InChI is InChI=1S/C28H30N8O/c1-16(22-6-4-12-35(22)2)36-27-18(15-32-36)14-31-26(33-27)24-19-5-3-10-28(25(19)37-34-24)11-9-17-7-8-21(30)20(13-29)23(17)28/h7-8,14-16,22H,3-6,9-12,30H2,1-2H3. The normalized spacial score (nSPS) is 23.9. The first-order chi connectivity index (χ1) is 18.0. The highest BCUT2D eigenvalue weighted by Crippen LogP contribution is 2.54. The number of aromatic nitrogens is 5. The van der Waals surface area contributed by atoms with E-state index in [1.807, 2.05) is 23.1 Å². The molecule has 9 nitrogen and oxygen atoms in total. The SMILES string of the molecule is CC(C1CCCN1C)n1ncc2cnc(-c3noc4c3CCCC43CCc4ccc(N)c(C#N)c43)nc21. The number of hydrogen-bond donors (Lipinski definition) is 1. The number of nitrogen functional groups attached to an aromatic ring is 1. The van der Waals surface area contributed by atoms with Gasteiger partial charge in [0.2, 0.25) is 0 Å². The molecule has 9 heteroatoms. The fourth-order valence-corrected chi connectivity index (χ4v) is 7.22. The van der Waals surface area contributed by atoms with Crippen molar-refractivity contribution in [3.8, 4) is 17.6 Å². The molecule has 1 saturated heterocycles. The summed E-state index contributed by atoms with van der Waals surface area (Å²) >= 11 is 0. The number of hydrogen-bond acceptors (Lipinski definition) is 8. The Kier molecular flexibility index (Phi) is 4.92. The van der Waals surface area contributed by atoms with Crippen LogP contribution < -0.4 is 5.73 Å². The Labute approximate surface area is 215 Å². The van der Waals surface area contributed by atoms with E-state index < -0.39 is 0 Å². The van der Waals surface area contributed by atoms with Crippen LogP contribution >= 0.6 is 0 Å². The van der Waals surface area contributed by atoms with Gasteiger partial charge in [-0.05, 0) is 82.7 Å². The maximum atomic E-state index is 9.97. The number of aryl methyl sites for hydroxylation is 1. The number of nitrogens with two attached hydrogens (primary N) is 1. The largest absolute Gasteiger partial charge is 0.398 e. The van der Waals surface area contributed by atoms with Gasteiger partial charge in [-0.2, -0.15) is 10.4 Å². The van der Waals surface area contributed by atoms with Crippen molar-refractivity contribution in [2.75, 3.05) is 19.3 Å². The minimum Gasteiger partial charge on any atom is -0.398 e. The molecule has 4 aromatic rings. The molecular weight excluding hydrogens is 464 g/mol. The summed E-state index contributed by atoms with van der Waals surface area (Å²) in [5, 5.41) is 20.1. The second-order valence-corrected chi connectivity index (χ2v) is 10.9. The van der Waals surface area contributed by atoms with E-state index in [0.717, 1.165) is 73.0 Å². The lowest BCUT2D eigenvalue weighted by Crippen LogP contribution is -2.33. The molecule has 3 unspecified atom stereocenters. The zero-order valence-corrected chi connectivity index (χ0v) is 21.2. The molecule has 37 heavy (non-hydrogen) atoms. The van der Waals surface area contributed by atoms with Crippen molar-refractivity contribution >= 4 is 16.7 Å². The van der Waals surface area contributed by atoms with Crippen LogP contribution in [0, 0.1) is 11.3 Å². The van der Waals surface area contributed by atoms with Crippen LogP contribution in [0.3, 0.4) is 0 Å². The summed E-state index contributed by atoms with van der Waals surface area (Å²) in [5.41, 5.74) is 11.8. The first-order valence-corrected chi connectivity index (χ1v) is 13.2. The molecule has 1 spiro atoms. The van der Waals surface area contributed by atoms with Crippen molar-refractivity contribution in [3.63, 3.8) is 0 Å². The predicted octanol–water partition coefficient (Wildman–Crippen LogP) is 4.16. The van der Waals surface area contributed by atoms with Crippen LogP contribution in [0.2, 0.25) is 0 Å². The number of benzene rings is 1. The predicted molar refractivity (Wildman–Crippen MR) is 139 cm³/mol. The fourth-order valence-electron chi connectivity index (χ4n) is 7.22. The van der Waals surface area contributed by atoms with E-state index in [2.05, 4.69) is 41.1 Å². The van der Waals surface area contributed by atoms with E-state index >= 15 is 0 Å². The molecule has 0 bridgehead atoms. The Hall–Kier alpha value is -3.77. The molecule has 0 amide bonds. The van der Waals surface area contributed by atoms with E-state index in [4.69, 9.17) is 20.3 Å². The van der Waals surface area contributed by atoms with E-state index in [0.29, 0.717) is 28.8 Å². The van der Waals surface area contributed by atoms with E-state index in [1.54, 1.807) is 0 Å². The number of rotatable bonds is 3. The highest BCUT2D eigenvalue weighted by atomic mass is 16.5. The molecule has 1 aliphatic heterocycles. The minimum atomic E-state index is -0.373. The van der Waals surface area contributed by atoms with Gasteiger partial charge in [-0.15, -0.1) is 0 Å². The molecule has 4 heterocycles. The molecule has 188 valence electrons. The topological polar surface area (TPSA) is 123 Å². The van der Waals surface area contributed by atoms with E-state index in [-0.39, 0.29) is 11.5 Å². The van der Waals surface area contributed by atoms with Crippen LogP contribution in [0.5, 0.6) is 0 Å². The summed E-state index contributed by atoms with van der Waals surface area (Å²) in [6.07, 6.45) is 10.6. The minimum absolute atomic E-state index is 0.201. The quantitative estimate of drug-likeness (QED) is 0.421. The molecule has 0 saturated carbocycles. The van der Waals surface area contributed by atoms with Gasteiger partial charge < -0.3 is 15.2 Å². The van der Waals surface area contributed by atoms with Crippen LogP contribution in [0.1, 0.15) is 73.1 Å². The first kappa shape index (κ1) is 22.4. The van der Waals surface area contributed by atoms with Crippen LogP contribution in [-0.2, 0) is 18.3 Å². The van der Waals surface area contributed by atoms with Crippen molar-refractivity contribution in [2.24, 2.45) is 0 Å². The fraction of sp³-hybridized carbons (Fsp3) is 0.464. The average molecular weight is 495 g/mol.